The van der Waals surface area contributed by atoms with Gasteiger partial charge < -0.3 is 25.0 Å². The Morgan fingerprint density at radius 3 is 2.79 bits per heavy atom. The highest BCUT2D eigenvalue weighted by molar-refractivity contribution is 5.97. The van der Waals surface area contributed by atoms with Crippen LogP contribution in [0.2, 0.25) is 0 Å². The maximum Gasteiger partial charge on any atom is 0.417 e. The van der Waals surface area contributed by atoms with Gasteiger partial charge in [-0.25, -0.2) is 0 Å². The van der Waals surface area contributed by atoms with Gasteiger partial charge in [0.2, 0.25) is 0 Å². The van der Waals surface area contributed by atoms with Crippen molar-refractivity contribution < 1.29 is 23.0 Å². The molecule has 1 aliphatic rings. The molecule has 0 aliphatic carbocycles. The SMILES string of the molecule is CCOc1ccccc1Nc1cc(C(F)(F)F)c2c(O)n3c(c2c1)CNCC3. The third kappa shape index (κ3) is 3.13. The lowest BCUT2D eigenvalue weighted by Gasteiger charge is -2.17. The molecule has 2 heterocycles. The van der Waals surface area contributed by atoms with Crippen molar-refractivity contribution in [3.8, 4) is 11.6 Å². The topological polar surface area (TPSA) is 58.4 Å². The van der Waals surface area contributed by atoms with E-state index in [2.05, 4.69) is 10.6 Å². The number of benzene rings is 2. The van der Waals surface area contributed by atoms with Crippen LogP contribution in [0, 0.1) is 0 Å². The smallest absolute Gasteiger partial charge is 0.417 e. The van der Waals surface area contributed by atoms with Crippen molar-refractivity contribution in [3.63, 3.8) is 0 Å². The molecule has 0 amide bonds. The maximum absolute atomic E-state index is 13.8. The first kappa shape index (κ1) is 18.5. The molecule has 0 fully saturated rings. The molecule has 0 unspecified atom stereocenters. The van der Waals surface area contributed by atoms with Crippen molar-refractivity contribution in [3.05, 3.63) is 47.7 Å². The Balaban J connectivity index is 1.89. The van der Waals surface area contributed by atoms with Crippen LogP contribution in [0.5, 0.6) is 11.6 Å². The molecule has 1 aromatic heterocycles. The normalized spacial score (nSPS) is 14.1. The van der Waals surface area contributed by atoms with E-state index in [-0.39, 0.29) is 17.0 Å². The van der Waals surface area contributed by atoms with E-state index in [0.717, 1.165) is 6.07 Å². The van der Waals surface area contributed by atoms with Crippen LogP contribution in [0.3, 0.4) is 0 Å². The van der Waals surface area contributed by atoms with E-state index in [1.165, 1.54) is 0 Å². The fraction of sp³-hybridized carbons (Fsp3) is 0.300. The van der Waals surface area contributed by atoms with Crippen molar-refractivity contribution in [2.45, 2.75) is 26.2 Å². The second-order valence-electron chi connectivity index (χ2n) is 6.60. The molecule has 0 saturated heterocycles. The Labute approximate surface area is 159 Å². The second-order valence-corrected chi connectivity index (χ2v) is 6.60. The number of ether oxygens (including phenoxy) is 1. The number of aromatic hydroxyl groups is 1. The molecule has 0 atom stereocenters. The standard InChI is InChI=1S/C20H20F3N3O2/c1-2-28-17-6-4-3-5-15(17)25-12-9-13-16-11-24-7-8-26(16)19(27)18(13)14(10-12)20(21,22)23/h3-6,9-10,24-25,27H,2,7-8,11H2,1H3. The van der Waals surface area contributed by atoms with Crippen LogP contribution in [-0.2, 0) is 19.3 Å². The summed E-state index contributed by atoms with van der Waals surface area (Å²) in [7, 11) is 0. The molecule has 0 spiro atoms. The largest absolute Gasteiger partial charge is 0.494 e. The van der Waals surface area contributed by atoms with E-state index < -0.39 is 11.7 Å². The predicted octanol–water partition coefficient (Wildman–Crippen LogP) is 4.61. The number of hydrogen-bond acceptors (Lipinski definition) is 4. The minimum Gasteiger partial charge on any atom is -0.494 e. The number of nitrogens with zero attached hydrogens (tertiary/aromatic N) is 1. The molecular weight excluding hydrogens is 371 g/mol. The summed E-state index contributed by atoms with van der Waals surface area (Å²) in [4.78, 5) is 0. The highest BCUT2D eigenvalue weighted by Crippen LogP contribution is 2.44. The first-order valence-electron chi connectivity index (χ1n) is 9.05. The Bertz CT molecular complexity index is 1030. The summed E-state index contributed by atoms with van der Waals surface area (Å²) < 4.78 is 48.5. The van der Waals surface area contributed by atoms with Crippen molar-refractivity contribution in [1.29, 1.82) is 0 Å². The van der Waals surface area contributed by atoms with Gasteiger partial charge in [0, 0.05) is 36.4 Å². The third-order valence-electron chi connectivity index (χ3n) is 4.83. The van der Waals surface area contributed by atoms with Gasteiger partial charge in [-0.1, -0.05) is 12.1 Å². The number of halogens is 3. The Morgan fingerprint density at radius 1 is 1.25 bits per heavy atom. The van der Waals surface area contributed by atoms with Crippen LogP contribution >= 0.6 is 0 Å². The molecule has 0 bridgehead atoms. The third-order valence-corrected chi connectivity index (χ3v) is 4.83. The van der Waals surface area contributed by atoms with Crippen LogP contribution in [0.1, 0.15) is 18.2 Å². The van der Waals surface area contributed by atoms with E-state index >= 15 is 0 Å². The summed E-state index contributed by atoms with van der Waals surface area (Å²) in [5, 5.41) is 16.9. The number of alkyl halides is 3. The number of aromatic nitrogens is 1. The van der Waals surface area contributed by atoms with Gasteiger partial charge in [0.25, 0.3) is 0 Å². The fourth-order valence-electron chi connectivity index (χ4n) is 3.65. The van der Waals surface area contributed by atoms with Gasteiger partial charge in [-0.2, -0.15) is 13.2 Å². The zero-order valence-corrected chi connectivity index (χ0v) is 15.2. The highest BCUT2D eigenvalue weighted by Gasteiger charge is 2.36. The first-order valence-corrected chi connectivity index (χ1v) is 9.05. The number of rotatable bonds is 4. The van der Waals surface area contributed by atoms with Crippen molar-refractivity contribution in [2.75, 3.05) is 18.5 Å². The van der Waals surface area contributed by atoms with E-state index in [1.54, 1.807) is 34.9 Å². The molecule has 148 valence electrons. The van der Waals surface area contributed by atoms with Crippen LogP contribution in [0.25, 0.3) is 10.8 Å². The van der Waals surface area contributed by atoms with Crippen LogP contribution in [-0.4, -0.2) is 22.8 Å². The molecule has 3 N–H and O–H groups in total. The van der Waals surface area contributed by atoms with E-state index in [4.69, 9.17) is 4.74 Å². The van der Waals surface area contributed by atoms with E-state index in [9.17, 15) is 18.3 Å². The summed E-state index contributed by atoms with van der Waals surface area (Å²) in [5.41, 5.74) is 0.644. The fourth-order valence-corrected chi connectivity index (χ4v) is 3.65. The molecule has 4 rings (SSSR count). The highest BCUT2D eigenvalue weighted by atomic mass is 19.4. The number of hydrogen-bond donors (Lipinski definition) is 3. The van der Waals surface area contributed by atoms with Crippen molar-refractivity contribution in [2.24, 2.45) is 0 Å². The van der Waals surface area contributed by atoms with Crippen LogP contribution < -0.4 is 15.4 Å². The number of fused-ring (bicyclic) bond motifs is 3. The van der Waals surface area contributed by atoms with Gasteiger partial charge >= 0.3 is 6.18 Å². The number of para-hydroxylation sites is 2. The van der Waals surface area contributed by atoms with Gasteiger partial charge in [-0.15, -0.1) is 0 Å². The van der Waals surface area contributed by atoms with Gasteiger partial charge in [-0.05, 0) is 31.2 Å². The summed E-state index contributed by atoms with van der Waals surface area (Å²) in [6.07, 6.45) is -4.60. The minimum atomic E-state index is -4.60. The zero-order chi connectivity index (χ0) is 19.9. The molecule has 28 heavy (non-hydrogen) atoms. The van der Waals surface area contributed by atoms with Crippen LogP contribution in [0.4, 0.5) is 24.5 Å². The molecular formula is C20H20F3N3O2. The average molecular weight is 391 g/mol. The Kier molecular flexibility index (Phi) is 4.58. The quantitative estimate of drug-likeness (QED) is 0.608. The molecule has 8 heteroatoms. The molecule has 1 aliphatic heterocycles. The van der Waals surface area contributed by atoms with Gasteiger partial charge in [0.1, 0.15) is 5.75 Å². The lowest BCUT2D eigenvalue weighted by molar-refractivity contribution is -0.136. The molecule has 0 radical (unpaired) electrons. The van der Waals surface area contributed by atoms with Crippen molar-refractivity contribution >= 4 is 22.1 Å². The molecule has 5 nitrogen and oxygen atoms in total. The number of anilines is 2. The van der Waals surface area contributed by atoms with Crippen molar-refractivity contribution in [1.82, 2.24) is 9.88 Å². The summed E-state index contributed by atoms with van der Waals surface area (Å²) >= 11 is 0. The summed E-state index contributed by atoms with van der Waals surface area (Å²) in [6, 6.07) is 9.76. The van der Waals surface area contributed by atoms with E-state index in [1.807, 2.05) is 6.92 Å². The minimum absolute atomic E-state index is 0.158. The average Bonchev–Trinajstić information content (AvgIpc) is 2.95. The molecule has 3 aromatic rings. The lowest BCUT2D eigenvalue weighted by Crippen LogP contribution is -2.27. The number of nitrogens with one attached hydrogen (secondary N) is 2. The monoisotopic (exact) mass is 391 g/mol. The lowest BCUT2D eigenvalue weighted by atomic mass is 10.0. The zero-order valence-electron chi connectivity index (χ0n) is 15.2. The summed E-state index contributed by atoms with van der Waals surface area (Å²) in [5.74, 6) is 0.224. The Hall–Kier alpha value is -2.87. The second kappa shape index (κ2) is 6.94. The van der Waals surface area contributed by atoms with Gasteiger partial charge in [-0.3, -0.25) is 0 Å². The van der Waals surface area contributed by atoms with E-state index in [0.29, 0.717) is 48.8 Å². The summed E-state index contributed by atoms with van der Waals surface area (Å²) in [6.45, 7) is 3.69. The molecule has 2 aromatic carbocycles. The van der Waals surface area contributed by atoms with Crippen LogP contribution in [0.15, 0.2) is 36.4 Å². The molecule has 0 saturated carbocycles. The Morgan fingerprint density at radius 2 is 2.04 bits per heavy atom. The first-order chi connectivity index (χ1) is 13.4. The predicted molar refractivity (Wildman–Crippen MR) is 101 cm³/mol. The van der Waals surface area contributed by atoms with Gasteiger partial charge in [0.05, 0.1) is 23.2 Å². The maximum atomic E-state index is 13.8. The van der Waals surface area contributed by atoms with Gasteiger partial charge in [0.15, 0.2) is 5.88 Å².